The molecule has 6 heteroatoms. The summed E-state index contributed by atoms with van der Waals surface area (Å²) < 4.78 is 5.85. The minimum absolute atomic E-state index is 0.135. The summed E-state index contributed by atoms with van der Waals surface area (Å²) in [4.78, 5) is 20.2. The monoisotopic (exact) mass is 419 g/mol. The maximum Gasteiger partial charge on any atom is 0.312 e. The Labute approximate surface area is 183 Å². The molecule has 6 nitrogen and oxygen atoms in total. The second-order valence-electron chi connectivity index (χ2n) is 7.18. The smallest absolute Gasteiger partial charge is 0.312 e. The van der Waals surface area contributed by atoms with E-state index in [2.05, 4.69) is 9.97 Å². The summed E-state index contributed by atoms with van der Waals surface area (Å²) in [6, 6.07) is 29.7. The number of benzene rings is 4. The van der Waals surface area contributed by atoms with Crippen molar-refractivity contribution in [3.63, 3.8) is 0 Å². The van der Waals surface area contributed by atoms with Gasteiger partial charge in [-0.15, -0.1) is 0 Å². The van der Waals surface area contributed by atoms with Gasteiger partial charge in [0.2, 0.25) is 5.75 Å². The van der Waals surface area contributed by atoms with E-state index in [0.29, 0.717) is 17.0 Å². The molecule has 0 radical (unpaired) electrons. The van der Waals surface area contributed by atoms with E-state index in [-0.39, 0.29) is 11.4 Å². The fourth-order valence-electron chi connectivity index (χ4n) is 3.47. The molecule has 5 rings (SSSR count). The normalized spacial score (nSPS) is 10.8. The summed E-state index contributed by atoms with van der Waals surface area (Å²) in [5.41, 5.74) is 4.65. The van der Waals surface area contributed by atoms with Gasteiger partial charge in [-0.05, 0) is 47.5 Å². The largest absolute Gasteiger partial charge is 0.450 e. The van der Waals surface area contributed by atoms with E-state index in [1.54, 1.807) is 30.5 Å². The minimum Gasteiger partial charge on any atom is -0.450 e. The van der Waals surface area contributed by atoms with Crippen molar-refractivity contribution in [3.8, 4) is 33.9 Å². The van der Waals surface area contributed by atoms with Crippen LogP contribution < -0.4 is 4.74 Å². The Bertz CT molecular complexity index is 1420. The molecule has 0 aliphatic rings. The van der Waals surface area contributed by atoms with E-state index < -0.39 is 4.92 Å². The number of hydrogen-bond acceptors (Lipinski definition) is 5. The first kappa shape index (κ1) is 19.4. The van der Waals surface area contributed by atoms with Gasteiger partial charge in [0.1, 0.15) is 5.75 Å². The summed E-state index contributed by atoms with van der Waals surface area (Å²) >= 11 is 0. The van der Waals surface area contributed by atoms with Crippen molar-refractivity contribution in [2.45, 2.75) is 0 Å². The molecule has 5 aromatic rings. The Kier molecular flexibility index (Phi) is 5.01. The minimum atomic E-state index is -0.453. The Morgan fingerprint density at radius 1 is 0.719 bits per heavy atom. The third kappa shape index (κ3) is 3.89. The summed E-state index contributed by atoms with van der Waals surface area (Å²) in [5.74, 6) is 0.686. The summed E-state index contributed by atoms with van der Waals surface area (Å²) in [5, 5.41) is 11.7. The van der Waals surface area contributed by atoms with Gasteiger partial charge < -0.3 is 4.74 Å². The number of ether oxygens (including phenoxy) is 1. The second-order valence-corrected chi connectivity index (χ2v) is 7.18. The van der Waals surface area contributed by atoms with Crippen LogP contribution in [0.5, 0.6) is 11.5 Å². The van der Waals surface area contributed by atoms with E-state index in [9.17, 15) is 10.1 Å². The van der Waals surface area contributed by atoms with Gasteiger partial charge in [-0.2, -0.15) is 0 Å². The van der Waals surface area contributed by atoms with Gasteiger partial charge in [0, 0.05) is 11.6 Å². The molecule has 0 aliphatic carbocycles. The molecule has 0 spiro atoms. The quantitative estimate of drug-likeness (QED) is 0.235. The fourth-order valence-corrected chi connectivity index (χ4v) is 3.47. The van der Waals surface area contributed by atoms with Gasteiger partial charge in [0.05, 0.1) is 27.8 Å². The molecular weight excluding hydrogens is 402 g/mol. The van der Waals surface area contributed by atoms with Crippen LogP contribution in [-0.4, -0.2) is 14.9 Å². The van der Waals surface area contributed by atoms with E-state index in [4.69, 9.17) is 4.74 Å². The molecule has 0 fully saturated rings. The molecule has 1 aromatic heterocycles. The van der Waals surface area contributed by atoms with Gasteiger partial charge in [-0.25, -0.2) is 4.98 Å². The molecule has 0 bridgehead atoms. The molecule has 0 saturated carbocycles. The molecule has 1 heterocycles. The molecule has 0 unspecified atom stereocenters. The molecular formula is C26H17N3O3. The average Bonchev–Trinajstić information content (AvgIpc) is 2.85. The van der Waals surface area contributed by atoms with E-state index in [1.807, 2.05) is 66.7 Å². The lowest BCUT2D eigenvalue weighted by Crippen LogP contribution is -1.95. The predicted octanol–water partition coefficient (Wildman–Crippen LogP) is 6.66. The second kappa shape index (κ2) is 8.28. The van der Waals surface area contributed by atoms with Crippen molar-refractivity contribution in [3.05, 3.63) is 113 Å². The predicted molar refractivity (Wildman–Crippen MR) is 124 cm³/mol. The van der Waals surface area contributed by atoms with Gasteiger partial charge in [-0.3, -0.25) is 15.1 Å². The van der Waals surface area contributed by atoms with Gasteiger partial charge >= 0.3 is 5.69 Å². The summed E-state index contributed by atoms with van der Waals surface area (Å²) in [6.07, 6.45) is 1.62. The van der Waals surface area contributed by atoms with E-state index in [0.717, 1.165) is 22.2 Å². The zero-order valence-corrected chi connectivity index (χ0v) is 16.9. The number of nitrogens with zero attached hydrogens (tertiary/aromatic N) is 3. The zero-order chi connectivity index (χ0) is 21.9. The van der Waals surface area contributed by atoms with Crippen LogP contribution in [0.3, 0.4) is 0 Å². The number of fused-ring (bicyclic) bond motifs is 1. The first-order chi connectivity index (χ1) is 15.7. The van der Waals surface area contributed by atoms with Crippen molar-refractivity contribution in [2.24, 2.45) is 0 Å². The lowest BCUT2D eigenvalue weighted by molar-refractivity contribution is -0.385. The highest BCUT2D eigenvalue weighted by atomic mass is 16.6. The van der Waals surface area contributed by atoms with Crippen LogP contribution in [0.1, 0.15) is 0 Å². The third-order valence-electron chi connectivity index (χ3n) is 5.09. The summed E-state index contributed by atoms with van der Waals surface area (Å²) in [7, 11) is 0. The van der Waals surface area contributed by atoms with Gasteiger partial charge in [0.15, 0.2) is 0 Å². The van der Waals surface area contributed by atoms with Crippen LogP contribution in [-0.2, 0) is 0 Å². The van der Waals surface area contributed by atoms with Crippen LogP contribution in [0.4, 0.5) is 5.69 Å². The molecule has 0 aliphatic heterocycles. The zero-order valence-electron chi connectivity index (χ0n) is 16.9. The number of rotatable bonds is 5. The summed E-state index contributed by atoms with van der Waals surface area (Å²) in [6.45, 7) is 0. The maximum atomic E-state index is 11.7. The highest BCUT2D eigenvalue weighted by molar-refractivity contribution is 5.77. The maximum absolute atomic E-state index is 11.7. The molecule has 32 heavy (non-hydrogen) atoms. The number of hydrogen-bond donors (Lipinski definition) is 0. The van der Waals surface area contributed by atoms with Crippen molar-refractivity contribution in [1.29, 1.82) is 0 Å². The Morgan fingerprint density at radius 2 is 1.38 bits per heavy atom. The van der Waals surface area contributed by atoms with Crippen LogP contribution in [0.25, 0.3) is 33.4 Å². The van der Waals surface area contributed by atoms with E-state index >= 15 is 0 Å². The van der Waals surface area contributed by atoms with Gasteiger partial charge in [0.25, 0.3) is 0 Å². The Balaban J connectivity index is 1.45. The highest BCUT2D eigenvalue weighted by Crippen LogP contribution is 2.35. The first-order valence-corrected chi connectivity index (χ1v) is 10.0. The number of nitro groups is 1. The molecule has 0 N–H and O–H groups in total. The first-order valence-electron chi connectivity index (χ1n) is 10.0. The lowest BCUT2D eigenvalue weighted by atomic mass is 10.1. The van der Waals surface area contributed by atoms with Crippen molar-refractivity contribution < 1.29 is 9.66 Å². The Morgan fingerprint density at radius 3 is 2.12 bits per heavy atom. The molecule has 0 atom stereocenters. The standard InChI is InChI=1S/C26H17N3O3/c30-29(31)25-16-20(24-17-27-22-8-4-5-9-23(22)28-24)12-15-26(25)32-21-13-10-19(11-14-21)18-6-2-1-3-7-18/h1-17H. The molecule has 4 aromatic carbocycles. The SMILES string of the molecule is O=[N+]([O-])c1cc(-c2cnc3ccccc3n2)ccc1Oc1ccc(-c2ccccc2)cc1. The number of aromatic nitrogens is 2. The molecule has 154 valence electrons. The fraction of sp³-hybridized carbons (Fsp3) is 0. The average molecular weight is 419 g/mol. The van der Waals surface area contributed by atoms with Crippen LogP contribution >= 0.6 is 0 Å². The molecule has 0 saturated heterocycles. The van der Waals surface area contributed by atoms with E-state index in [1.165, 1.54) is 6.07 Å². The van der Waals surface area contributed by atoms with Crippen molar-refractivity contribution in [2.75, 3.05) is 0 Å². The topological polar surface area (TPSA) is 78.2 Å². The Hall–Kier alpha value is -4.58. The lowest BCUT2D eigenvalue weighted by Gasteiger charge is -2.09. The number of nitro benzene ring substituents is 1. The highest BCUT2D eigenvalue weighted by Gasteiger charge is 2.18. The van der Waals surface area contributed by atoms with Crippen molar-refractivity contribution in [1.82, 2.24) is 9.97 Å². The van der Waals surface area contributed by atoms with Crippen LogP contribution in [0, 0.1) is 10.1 Å². The number of para-hydroxylation sites is 2. The van der Waals surface area contributed by atoms with Crippen molar-refractivity contribution >= 4 is 16.7 Å². The van der Waals surface area contributed by atoms with Crippen LogP contribution in [0.15, 0.2) is 103 Å². The molecule has 0 amide bonds. The van der Waals surface area contributed by atoms with Crippen LogP contribution in [0.2, 0.25) is 0 Å². The third-order valence-corrected chi connectivity index (χ3v) is 5.09. The van der Waals surface area contributed by atoms with Gasteiger partial charge in [-0.1, -0.05) is 54.6 Å².